The van der Waals surface area contributed by atoms with Crippen LogP contribution in [0.15, 0.2) is 29.3 Å². The second-order valence-corrected chi connectivity index (χ2v) is 6.79. The van der Waals surface area contributed by atoms with Crippen LogP contribution in [0.25, 0.3) is 0 Å². The van der Waals surface area contributed by atoms with Gasteiger partial charge in [0.1, 0.15) is 0 Å². The van der Waals surface area contributed by atoms with Gasteiger partial charge in [-0.25, -0.2) is 0 Å². The van der Waals surface area contributed by atoms with E-state index in [0.717, 1.165) is 36.9 Å². The molecular formula is C17H22N2OS. The normalized spacial score (nSPS) is 19.1. The second kappa shape index (κ2) is 6.65. The summed E-state index contributed by atoms with van der Waals surface area (Å²) in [7, 11) is 0. The van der Waals surface area contributed by atoms with Crippen molar-refractivity contribution in [3.8, 4) is 0 Å². The number of carbonyl (C=O) groups is 1. The van der Waals surface area contributed by atoms with Gasteiger partial charge in [0.15, 0.2) is 5.17 Å². The lowest BCUT2D eigenvalue weighted by atomic mass is 10.1. The van der Waals surface area contributed by atoms with Gasteiger partial charge in [0.2, 0.25) is 5.91 Å². The van der Waals surface area contributed by atoms with Gasteiger partial charge in [0.25, 0.3) is 0 Å². The minimum Gasteiger partial charge on any atom is -0.289 e. The molecule has 0 bridgehead atoms. The molecule has 1 heterocycles. The quantitative estimate of drug-likeness (QED) is 0.854. The van der Waals surface area contributed by atoms with Gasteiger partial charge in [-0.05, 0) is 30.9 Å². The summed E-state index contributed by atoms with van der Waals surface area (Å²) in [5.74, 6) is 1.44. The van der Waals surface area contributed by atoms with Gasteiger partial charge in [0, 0.05) is 18.2 Å². The standard InChI is InChI=1S/C17H22N2OS/c1-13-6-2-3-9-15(13)12-21-17-18-10-11-19(17)16(20)14-7-4-5-8-14/h2-3,6,9,14H,4-5,7-8,10-12H2,1H3. The van der Waals surface area contributed by atoms with Gasteiger partial charge in [-0.15, -0.1) is 0 Å². The number of hydrogen-bond acceptors (Lipinski definition) is 3. The van der Waals surface area contributed by atoms with Crippen LogP contribution in [0.5, 0.6) is 0 Å². The zero-order valence-electron chi connectivity index (χ0n) is 12.5. The lowest BCUT2D eigenvalue weighted by Gasteiger charge is -2.21. The monoisotopic (exact) mass is 302 g/mol. The molecule has 0 spiro atoms. The summed E-state index contributed by atoms with van der Waals surface area (Å²) in [6, 6.07) is 8.42. The van der Waals surface area contributed by atoms with Crippen molar-refractivity contribution < 1.29 is 4.79 Å². The first-order valence-electron chi connectivity index (χ1n) is 7.79. The summed E-state index contributed by atoms with van der Waals surface area (Å²) in [4.78, 5) is 19.0. The number of hydrogen-bond donors (Lipinski definition) is 0. The zero-order chi connectivity index (χ0) is 14.7. The van der Waals surface area contributed by atoms with Crippen LogP contribution < -0.4 is 0 Å². The number of aryl methyl sites for hydroxylation is 1. The predicted molar refractivity (Wildman–Crippen MR) is 88.4 cm³/mol. The summed E-state index contributed by atoms with van der Waals surface area (Å²) in [6.07, 6.45) is 4.52. The first kappa shape index (κ1) is 14.6. The molecule has 4 heteroatoms. The second-order valence-electron chi connectivity index (χ2n) is 5.85. The van der Waals surface area contributed by atoms with Crippen LogP contribution >= 0.6 is 11.8 Å². The number of nitrogens with zero attached hydrogens (tertiary/aromatic N) is 2. The van der Waals surface area contributed by atoms with E-state index < -0.39 is 0 Å². The van der Waals surface area contributed by atoms with Crippen LogP contribution in [0.4, 0.5) is 0 Å². The number of amidine groups is 1. The summed E-state index contributed by atoms with van der Waals surface area (Å²) >= 11 is 1.70. The largest absolute Gasteiger partial charge is 0.289 e. The fourth-order valence-corrected chi connectivity index (χ4v) is 4.19. The maximum atomic E-state index is 12.6. The molecular weight excluding hydrogens is 280 g/mol. The minimum atomic E-state index is 0.243. The van der Waals surface area contributed by atoms with Gasteiger partial charge in [-0.2, -0.15) is 0 Å². The average Bonchev–Trinajstić information content (AvgIpc) is 3.17. The van der Waals surface area contributed by atoms with Gasteiger partial charge in [-0.3, -0.25) is 14.7 Å². The minimum absolute atomic E-state index is 0.243. The van der Waals surface area contributed by atoms with Crippen LogP contribution in [0.1, 0.15) is 36.8 Å². The Morgan fingerprint density at radius 3 is 2.86 bits per heavy atom. The van der Waals surface area contributed by atoms with E-state index in [1.165, 1.54) is 24.0 Å². The van der Waals surface area contributed by atoms with Crippen molar-refractivity contribution in [3.05, 3.63) is 35.4 Å². The van der Waals surface area contributed by atoms with E-state index in [0.29, 0.717) is 5.91 Å². The van der Waals surface area contributed by atoms with Crippen molar-refractivity contribution in [3.63, 3.8) is 0 Å². The van der Waals surface area contributed by atoms with Gasteiger partial charge >= 0.3 is 0 Å². The lowest BCUT2D eigenvalue weighted by Crippen LogP contribution is -2.36. The Morgan fingerprint density at radius 1 is 1.33 bits per heavy atom. The van der Waals surface area contributed by atoms with E-state index in [1.54, 1.807) is 11.8 Å². The fraction of sp³-hybridized carbons (Fsp3) is 0.529. The van der Waals surface area contributed by atoms with Crippen molar-refractivity contribution in [2.45, 2.75) is 38.4 Å². The van der Waals surface area contributed by atoms with Crippen molar-refractivity contribution in [2.24, 2.45) is 10.9 Å². The predicted octanol–water partition coefficient (Wildman–Crippen LogP) is 3.62. The summed E-state index contributed by atoms with van der Waals surface area (Å²) in [5.41, 5.74) is 2.63. The highest BCUT2D eigenvalue weighted by atomic mass is 32.2. The number of thioether (sulfide) groups is 1. The first-order valence-corrected chi connectivity index (χ1v) is 8.77. The number of carbonyl (C=O) groups excluding carboxylic acids is 1. The number of benzene rings is 1. The molecule has 1 aromatic rings. The van der Waals surface area contributed by atoms with Crippen LogP contribution in [-0.2, 0) is 10.5 Å². The van der Waals surface area contributed by atoms with Crippen LogP contribution in [0, 0.1) is 12.8 Å². The Hall–Kier alpha value is -1.29. The highest BCUT2D eigenvalue weighted by Gasteiger charge is 2.31. The zero-order valence-corrected chi connectivity index (χ0v) is 13.4. The maximum Gasteiger partial charge on any atom is 0.231 e. The number of rotatable bonds is 3. The Bertz CT molecular complexity index is 549. The first-order chi connectivity index (χ1) is 10.3. The Morgan fingerprint density at radius 2 is 2.10 bits per heavy atom. The van der Waals surface area contributed by atoms with Crippen molar-refractivity contribution >= 4 is 22.8 Å². The fourth-order valence-electron chi connectivity index (χ4n) is 3.06. The number of amides is 1. The molecule has 0 aromatic heterocycles. The van der Waals surface area contributed by atoms with E-state index in [-0.39, 0.29) is 5.92 Å². The van der Waals surface area contributed by atoms with Crippen LogP contribution in [0.3, 0.4) is 0 Å². The molecule has 2 aliphatic rings. The summed E-state index contributed by atoms with van der Waals surface area (Å²) in [6.45, 7) is 3.66. The van der Waals surface area contributed by atoms with Gasteiger partial charge < -0.3 is 0 Å². The molecule has 0 atom stereocenters. The highest BCUT2D eigenvalue weighted by Crippen LogP contribution is 2.29. The maximum absolute atomic E-state index is 12.6. The van der Waals surface area contributed by atoms with E-state index in [4.69, 9.17) is 0 Å². The van der Waals surface area contributed by atoms with Gasteiger partial charge in [-0.1, -0.05) is 48.9 Å². The molecule has 1 fully saturated rings. The molecule has 0 radical (unpaired) electrons. The summed E-state index contributed by atoms with van der Waals surface area (Å²) < 4.78 is 0. The topological polar surface area (TPSA) is 32.7 Å². The van der Waals surface area contributed by atoms with Crippen LogP contribution in [0.2, 0.25) is 0 Å². The van der Waals surface area contributed by atoms with E-state index in [2.05, 4.69) is 36.2 Å². The third-order valence-electron chi connectivity index (χ3n) is 4.39. The number of aliphatic imine (C=N–C) groups is 1. The summed E-state index contributed by atoms with van der Waals surface area (Å²) in [5, 5.41) is 0.926. The molecule has 1 saturated carbocycles. The van der Waals surface area contributed by atoms with E-state index >= 15 is 0 Å². The Balaban J connectivity index is 1.62. The van der Waals surface area contributed by atoms with Crippen molar-refractivity contribution in [1.82, 2.24) is 4.90 Å². The molecule has 3 rings (SSSR count). The van der Waals surface area contributed by atoms with Crippen LogP contribution in [-0.4, -0.2) is 29.1 Å². The smallest absolute Gasteiger partial charge is 0.231 e. The Kier molecular flexibility index (Phi) is 4.63. The molecule has 1 aromatic carbocycles. The molecule has 112 valence electrons. The van der Waals surface area contributed by atoms with E-state index in [1.807, 2.05) is 4.90 Å². The van der Waals surface area contributed by atoms with Crippen molar-refractivity contribution in [2.75, 3.05) is 13.1 Å². The van der Waals surface area contributed by atoms with Crippen molar-refractivity contribution in [1.29, 1.82) is 0 Å². The molecule has 0 saturated heterocycles. The molecule has 3 nitrogen and oxygen atoms in total. The molecule has 0 unspecified atom stereocenters. The average molecular weight is 302 g/mol. The lowest BCUT2D eigenvalue weighted by molar-refractivity contribution is -0.130. The molecule has 0 N–H and O–H groups in total. The third kappa shape index (κ3) is 3.31. The SMILES string of the molecule is Cc1ccccc1CSC1=NCCN1C(=O)C1CCCC1. The Labute approximate surface area is 130 Å². The van der Waals surface area contributed by atoms with Gasteiger partial charge in [0.05, 0.1) is 6.54 Å². The molecule has 1 amide bonds. The molecule has 21 heavy (non-hydrogen) atoms. The third-order valence-corrected chi connectivity index (χ3v) is 5.45. The van der Waals surface area contributed by atoms with E-state index in [9.17, 15) is 4.79 Å². The molecule has 1 aliphatic carbocycles. The molecule has 1 aliphatic heterocycles. The highest BCUT2D eigenvalue weighted by molar-refractivity contribution is 8.13.